The topological polar surface area (TPSA) is 63.7 Å². The van der Waals surface area contributed by atoms with Gasteiger partial charge < -0.3 is 4.74 Å². The molecule has 5 nitrogen and oxygen atoms in total. The molecule has 0 saturated carbocycles. The molecule has 0 bridgehead atoms. The van der Waals surface area contributed by atoms with Gasteiger partial charge in [-0.05, 0) is 31.4 Å². The predicted octanol–water partition coefficient (Wildman–Crippen LogP) is 1.97. The molecule has 1 heterocycles. The van der Waals surface area contributed by atoms with Crippen LogP contribution in [0, 0.1) is 11.7 Å². The first kappa shape index (κ1) is 17.9. The molecule has 1 aliphatic rings. The van der Waals surface area contributed by atoms with E-state index in [1.807, 2.05) is 0 Å². The number of carbonyl (C=O) groups excluding carboxylic acids is 1. The van der Waals surface area contributed by atoms with Crippen molar-refractivity contribution in [2.75, 3.05) is 25.4 Å². The van der Waals surface area contributed by atoms with Crippen molar-refractivity contribution in [1.29, 1.82) is 0 Å². The summed E-state index contributed by atoms with van der Waals surface area (Å²) in [7, 11) is -3.19. The van der Waals surface area contributed by atoms with Crippen LogP contribution in [-0.4, -0.2) is 44.1 Å². The first-order valence-electron chi connectivity index (χ1n) is 7.82. The smallest absolute Gasteiger partial charge is 0.309 e. The van der Waals surface area contributed by atoms with Gasteiger partial charge in [-0.15, -0.1) is 0 Å². The number of halogens is 1. The van der Waals surface area contributed by atoms with E-state index < -0.39 is 10.0 Å². The van der Waals surface area contributed by atoms with Gasteiger partial charge in [0.25, 0.3) is 0 Å². The maximum absolute atomic E-state index is 13.5. The molecule has 0 aliphatic carbocycles. The summed E-state index contributed by atoms with van der Waals surface area (Å²) >= 11 is 0. The Morgan fingerprint density at radius 2 is 1.96 bits per heavy atom. The Kier molecular flexibility index (Phi) is 6.12. The van der Waals surface area contributed by atoms with E-state index in [-0.39, 0.29) is 30.1 Å². The normalized spacial score (nSPS) is 17.1. The fourth-order valence-corrected chi connectivity index (χ4v) is 3.77. The molecule has 0 unspecified atom stereocenters. The molecule has 0 spiro atoms. The first-order valence-corrected chi connectivity index (χ1v) is 9.43. The fraction of sp³-hybridized carbons (Fsp3) is 0.562. The molecule has 7 heteroatoms. The second-order valence-electron chi connectivity index (χ2n) is 5.58. The molecule has 0 aromatic heterocycles. The minimum Gasteiger partial charge on any atom is -0.465 e. The van der Waals surface area contributed by atoms with Crippen molar-refractivity contribution < 1.29 is 22.3 Å². The first-order chi connectivity index (χ1) is 10.9. The van der Waals surface area contributed by atoms with Crippen molar-refractivity contribution in [3.05, 3.63) is 35.6 Å². The van der Waals surface area contributed by atoms with Crippen molar-refractivity contribution in [3.63, 3.8) is 0 Å². The average molecular weight is 343 g/mol. The zero-order valence-electron chi connectivity index (χ0n) is 13.2. The van der Waals surface area contributed by atoms with Crippen LogP contribution in [0.4, 0.5) is 4.39 Å². The molecule has 2 rings (SSSR count). The van der Waals surface area contributed by atoms with Gasteiger partial charge in [0.1, 0.15) is 5.82 Å². The average Bonchev–Trinajstić information content (AvgIpc) is 2.56. The second-order valence-corrected chi connectivity index (χ2v) is 7.84. The number of piperidine rings is 1. The lowest BCUT2D eigenvalue weighted by molar-refractivity contribution is -0.149. The Morgan fingerprint density at radius 1 is 1.30 bits per heavy atom. The molecule has 0 amide bonds. The van der Waals surface area contributed by atoms with Crippen LogP contribution in [0.25, 0.3) is 0 Å². The molecular formula is C16H22FNO4S. The Balaban J connectivity index is 1.76. The van der Waals surface area contributed by atoms with Crippen LogP contribution in [-0.2, 0) is 26.0 Å². The quantitative estimate of drug-likeness (QED) is 0.741. The van der Waals surface area contributed by atoms with E-state index in [9.17, 15) is 17.6 Å². The van der Waals surface area contributed by atoms with Gasteiger partial charge in [-0.2, -0.15) is 0 Å². The summed E-state index contributed by atoms with van der Waals surface area (Å²) in [5.41, 5.74) is 0.518. The number of rotatable bonds is 6. The van der Waals surface area contributed by atoms with E-state index in [0.717, 1.165) is 0 Å². The summed E-state index contributed by atoms with van der Waals surface area (Å²) in [5, 5.41) is 0. The van der Waals surface area contributed by atoms with Gasteiger partial charge in [-0.25, -0.2) is 17.1 Å². The Labute approximate surface area is 136 Å². The van der Waals surface area contributed by atoms with E-state index in [4.69, 9.17) is 4.74 Å². The zero-order valence-corrected chi connectivity index (χ0v) is 14.0. The highest BCUT2D eigenvalue weighted by Crippen LogP contribution is 2.21. The number of hydrogen-bond acceptors (Lipinski definition) is 4. The molecule has 128 valence electrons. The number of nitrogens with zero attached hydrogens (tertiary/aromatic N) is 1. The SMILES string of the molecule is CCS(=O)(=O)N1CCC(C(=O)OCCc2ccccc2F)CC1. The van der Waals surface area contributed by atoms with Crippen molar-refractivity contribution >= 4 is 16.0 Å². The van der Waals surface area contributed by atoms with Gasteiger partial charge in [-0.3, -0.25) is 4.79 Å². The van der Waals surface area contributed by atoms with Gasteiger partial charge in [0.05, 0.1) is 18.3 Å². The number of hydrogen-bond donors (Lipinski definition) is 0. The van der Waals surface area contributed by atoms with E-state index >= 15 is 0 Å². The molecule has 1 aromatic carbocycles. The fourth-order valence-electron chi connectivity index (χ4n) is 2.63. The molecule has 1 saturated heterocycles. The minimum atomic E-state index is -3.19. The van der Waals surface area contributed by atoms with Crippen LogP contribution in [0.15, 0.2) is 24.3 Å². The molecule has 1 aromatic rings. The lowest BCUT2D eigenvalue weighted by Gasteiger charge is -2.29. The summed E-state index contributed by atoms with van der Waals surface area (Å²) in [6.45, 7) is 2.44. The highest BCUT2D eigenvalue weighted by molar-refractivity contribution is 7.89. The molecular weight excluding hydrogens is 321 g/mol. The van der Waals surface area contributed by atoms with Crippen molar-refractivity contribution in [1.82, 2.24) is 4.31 Å². The van der Waals surface area contributed by atoms with Crippen LogP contribution in [0.2, 0.25) is 0 Å². The number of carbonyl (C=O) groups is 1. The number of esters is 1. The van der Waals surface area contributed by atoms with Crippen molar-refractivity contribution in [3.8, 4) is 0 Å². The Hall–Kier alpha value is -1.47. The van der Waals surface area contributed by atoms with E-state index in [1.54, 1.807) is 25.1 Å². The van der Waals surface area contributed by atoms with Crippen molar-refractivity contribution in [2.24, 2.45) is 5.92 Å². The Bertz CT molecular complexity index is 639. The highest BCUT2D eigenvalue weighted by Gasteiger charge is 2.30. The minimum absolute atomic E-state index is 0.0742. The van der Waals surface area contributed by atoms with Crippen LogP contribution in [0.5, 0.6) is 0 Å². The third-order valence-electron chi connectivity index (χ3n) is 4.12. The molecule has 1 aliphatic heterocycles. The number of sulfonamides is 1. The summed E-state index contributed by atoms with van der Waals surface area (Å²) in [5.74, 6) is -0.833. The largest absolute Gasteiger partial charge is 0.465 e. The molecule has 23 heavy (non-hydrogen) atoms. The lowest BCUT2D eigenvalue weighted by Crippen LogP contribution is -2.41. The van der Waals surface area contributed by atoms with Crippen LogP contribution >= 0.6 is 0 Å². The van der Waals surface area contributed by atoms with E-state index in [2.05, 4.69) is 0 Å². The van der Waals surface area contributed by atoms with Crippen molar-refractivity contribution in [2.45, 2.75) is 26.2 Å². The monoisotopic (exact) mass is 343 g/mol. The maximum atomic E-state index is 13.5. The van der Waals surface area contributed by atoms with Gasteiger partial charge >= 0.3 is 5.97 Å². The van der Waals surface area contributed by atoms with Gasteiger partial charge in [-0.1, -0.05) is 18.2 Å². The van der Waals surface area contributed by atoms with E-state index in [0.29, 0.717) is 37.9 Å². The Morgan fingerprint density at radius 3 is 2.57 bits per heavy atom. The standard InChI is InChI=1S/C16H22FNO4S/c1-2-23(20,21)18-10-7-14(8-11-18)16(19)22-12-9-13-5-3-4-6-15(13)17/h3-6,14H,2,7-12H2,1H3. The van der Waals surface area contributed by atoms with Crippen LogP contribution in [0.1, 0.15) is 25.3 Å². The van der Waals surface area contributed by atoms with Crippen LogP contribution in [0.3, 0.4) is 0 Å². The van der Waals surface area contributed by atoms with Crippen LogP contribution < -0.4 is 0 Å². The number of benzene rings is 1. The molecule has 0 N–H and O–H groups in total. The summed E-state index contributed by atoms with van der Waals surface area (Å²) < 4.78 is 43.6. The predicted molar refractivity (Wildman–Crippen MR) is 84.8 cm³/mol. The molecule has 0 radical (unpaired) electrons. The second kappa shape index (κ2) is 7.88. The molecule has 0 atom stereocenters. The highest BCUT2D eigenvalue weighted by atomic mass is 32.2. The third-order valence-corrected chi connectivity index (χ3v) is 6.00. The lowest BCUT2D eigenvalue weighted by atomic mass is 9.98. The summed E-state index contributed by atoms with van der Waals surface area (Å²) in [6, 6.07) is 6.39. The summed E-state index contributed by atoms with van der Waals surface area (Å²) in [4.78, 5) is 12.0. The number of ether oxygens (including phenoxy) is 1. The van der Waals surface area contributed by atoms with E-state index in [1.165, 1.54) is 10.4 Å². The third kappa shape index (κ3) is 4.75. The summed E-state index contributed by atoms with van der Waals surface area (Å²) in [6.07, 6.45) is 1.27. The zero-order chi connectivity index (χ0) is 16.9. The van der Waals surface area contributed by atoms with Gasteiger partial charge in [0, 0.05) is 19.5 Å². The maximum Gasteiger partial charge on any atom is 0.309 e. The van der Waals surface area contributed by atoms with Gasteiger partial charge in [0.15, 0.2) is 0 Å². The van der Waals surface area contributed by atoms with Gasteiger partial charge in [0.2, 0.25) is 10.0 Å². The molecule has 1 fully saturated rings.